The summed E-state index contributed by atoms with van der Waals surface area (Å²) >= 11 is 0. The lowest BCUT2D eigenvalue weighted by atomic mass is 9.85. The molecule has 0 bridgehead atoms. The highest BCUT2D eigenvalue weighted by molar-refractivity contribution is 5.76. The van der Waals surface area contributed by atoms with Crippen LogP contribution in [0.15, 0.2) is 18.2 Å². The van der Waals surface area contributed by atoms with Crippen molar-refractivity contribution in [1.29, 1.82) is 0 Å². The van der Waals surface area contributed by atoms with Gasteiger partial charge in [0.1, 0.15) is 5.75 Å². The third kappa shape index (κ3) is 4.69. The largest absolute Gasteiger partial charge is 0.497 e. The number of piperidine rings is 1. The molecule has 154 valence electrons. The maximum absolute atomic E-state index is 12.4. The molecule has 4 rings (SSSR count). The summed E-state index contributed by atoms with van der Waals surface area (Å²) in [6.45, 7) is 5.29. The van der Waals surface area contributed by atoms with Crippen molar-refractivity contribution in [3.8, 4) is 5.75 Å². The summed E-state index contributed by atoms with van der Waals surface area (Å²) < 4.78 is 10.8. The number of rotatable bonds is 5. The number of morpholine rings is 1. The van der Waals surface area contributed by atoms with Crippen LogP contribution in [0.25, 0.3) is 0 Å². The van der Waals surface area contributed by atoms with Crippen molar-refractivity contribution in [3.05, 3.63) is 29.3 Å². The van der Waals surface area contributed by atoms with E-state index >= 15 is 0 Å². The van der Waals surface area contributed by atoms with Crippen LogP contribution >= 0.6 is 0 Å². The Bertz CT molecular complexity index is 664. The van der Waals surface area contributed by atoms with Crippen LogP contribution in [0.2, 0.25) is 0 Å². The van der Waals surface area contributed by atoms with E-state index in [4.69, 9.17) is 9.47 Å². The summed E-state index contributed by atoms with van der Waals surface area (Å²) in [6.07, 6.45) is 7.82. The fourth-order valence-corrected chi connectivity index (χ4v) is 5.06. The normalized spacial score (nSPS) is 24.0. The monoisotopic (exact) mass is 386 g/mol. The van der Waals surface area contributed by atoms with Gasteiger partial charge in [0.15, 0.2) is 0 Å². The van der Waals surface area contributed by atoms with Crippen LogP contribution in [0.1, 0.15) is 43.2 Å². The molecule has 1 aliphatic carbocycles. The number of amides is 1. The Kier molecular flexibility index (Phi) is 6.53. The fourth-order valence-electron chi connectivity index (χ4n) is 5.06. The van der Waals surface area contributed by atoms with Crippen molar-refractivity contribution in [2.75, 3.05) is 46.5 Å². The van der Waals surface area contributed by atoms with Gasteiger partial charge in [0.2, 0.25) is 5.91 Å². The Morgan fingerprint density at radius 2 is 1.89 bits per heavy atom. The van der Waals surface area contributed by atoms with E-state index in [-0.39, 0.29) is 0 Å². The Balaban J connectivity index is 1.22. The topological polar surface area (TPSA) is 42.0 Å². The number of hydrogen-bond acceptors (Lipinski definition) is 4. The van der Waals surface area contributed by atoms with Gasteiger partial charge in [-0.1, -0.05) is 6.07 Å². The van der Waals surface area contributed by atoms with E-state index in [1.54, 1.807) is 7.11 Å². The first kappa shape index (κ1) is 19.7. The number of carbonyl (C=O) groups excluding carboxylic acids is 1. The van der Waals surface area contributed by atoms with Crippen LogP contribution in [-0.4, -0.2) is 68.3 Å². The molecule has 0 N–H and O–H groups in total. The van der Waals surface area contributed by atoms with Gasteiger partial charge in [-0.05, 0) is 80.8 Å². The second-order valence-electron chi connectivity index (χ2n) is 8.54. The average Bonchev–Trinajstić information content (AvgIpc) is 2.77. The number of fused-ring (bicyclic) bond motifs is 1. The Labute approximate surface area is 169 Å². The smallest absolute Gasteiger partial charge is 0.222 e. The van der Waals surface area contributed by atoms with Crippen LogP contribution in [0.4, 0.5) is 0 Å². The third-order valence-corrected chi connectivity index (χ3v) is 6.91. The molecule has 1 aromatic carbocycles. The van der Waals surface area contributed by atoms with Crippen molar-refractivity contribution in [2.24, 2.45) is 5.92 Å². The third-order valence-electron chi connectivity index (χ3n) is 6.91. The number of nitrogens with zero attached hydrogens (tertiary/aromatic N) is 2. The Hall–Kier alpha value is -1.59. The minimum Gasteiger partial charge on any atom is -0.497 e. The van der Waals surface area contributed by atoms with Crippen LogP contribution in [0.3, 0.4) is 0 Å². The lowest BCUT2D eigenvalue weighted by molar-refractivity contribution is -0.135. The molecule has 1 atom stereocenters. The molecule has 0 radical (unpaired) electrons. The number of aryl methyl sites for hydroxylation is 1. The maximum atomic E-state index is 12.4. The molecular weight excluding hydrogens is 352 g/mol. The number of likely N-dealkylation sites (tertiary alicyclic amines) is 1. The van der Waals surface area contributed by atoms with Gasteiger partial charge in [-0.3, -0.25) is 4.79 Å². The van der Waals surface area contributed by atoms with Gasteiger partial charge in [-0.15, -0.1) is 0 Å². The maximum Gasteiger partial charge on any atom is 0.222 e. The van der Waals surface area contributed by atoms with Crippen molar-refractivity contribution >= 4 is 5.91 Å². The summed E-state index contributed by atoms with van der Waals surface area (Å²) in [5.41, 5.74) is 2.96. The predicted octanol–water partition coefficient (Wildman–Crippen LogP) is 2.90. The molecule has 1 amide bonds. The minimum atomic E-state index is 0.323. The summed E-state index contributed by atoms with van der Waals surface area (Å²) in [5, 5.41) is 0. The summed E-state index contributed by atoms with van der Waals surface area (Å²) in [5.74, 6) is 2.00. The number of ether oxygens (including phenoxy) is 2. The van der Waals surface area contributed by atoms with Gasteiger partial charge in [-0.25, -0.2) is 0 Å². The highest BCUT2D eigenvalue weighted by Crippen LogP contribution is 2.31. The van der Waals surface area contributed by atoms with Crippen molar-refractivity contribution in [2.45, 2.75) is 51.0 Å². The number of hydrogen-bond donors (Lipinski definition) is 0. The molecule has 2 aliphatic heterocycles. The van der Waals surface area contributed by atoms with Crippen LogP contribution in [-0.2, 0) is 22.4 Å². The zero-order valence-corrected chi connectivity index (χ0v) is 17.2. The molecule has 5 nitrogen and oxygen atoms in total. The van der Waals surface area contributed by atoms with Crippen LogP contribution in [0, 0.1) is 5.92 Å². The van der Waals surface area contributed by atoms with E-state index in [0.717, 1.165) is 31.7 Å². The first-order chi connectivity index (χ1) is 13.7. The van der Waals surface area contributed by atoms with Gasteiger partial charge in [0, 0.05) is 25.6 Å². The van der Waals surface area contributed by atoms with Crippen LogP contribution in [0.5, 0.6) is 5.75 Å². The Morgan fingerprint density at radius 1 is 1.11 bits per heavy atom. The van der Waals surface area contributed by atoms with E-state index in [1.807, 2.05) is 4.90 Å². The van der Waals surface area contributed by atoms with Gasteiger partial charge in [-0.2, -0.15) is 0 Å². The molecule has 2 saturated heterocycles. The van der Waals surface area contributed by atoms with E-state index in [0.29, 0.717) is 37.5 Å². The summed E-state index contributed by atoms with van der Waals surface area (Å²) in [6, 6.07) is 7.21. The highest BCUT2D eigenvalue weighted by atomic mass is 16.5. The molecule has 2 fully saturated rings. The SMILES string of the molecule is COc1ccc2c(c1)C[C@H](N1CCC(CCC(=O)N3CCOCC3)CC1)CC2. The zero-order chi connectivity index (χ0) is 19.3. The summed E-state index contributed by atoms with van der Waals surface area (Å²) in [7, 11) is 1.75. The molecule has 28 heavy (non-hydrogen) atoms. The lowest BCUT2D eigenvalue weighted by Gasteiger charge is -2.40. The first-order valence-corrected chi connectivity index (χ1v) is 11.0. The lowest BCUT2D eigenvalue weighted by Crippen LogP contribution is -2.44. The number of benzene rings is 1. The first-order valence-electron chi connectivity index (χ1n) is 11.0. The van der Waals surface area contributed by atoms with Gasteiger partial charge < -0.3 is 19.3 Å². The van der Waals surface area contributed by atoms with E-state index < -0.39 is 0 Å². The molecule has 1 aromatic rings. The van der Waals surface area contributed by atoms with Gasteiger partial charge >= 0.3 is 0 Å². The average molecular weight is 387 g/mol. The molecular formula is C23H34N2O3. The molecule has 0 unspecified atom stereocenters. The van der Waals surface area contributed by atoms with E-state index in [9.17, 15) is 4.79 Å². The highest BCUT2D eigenvalue weighted by Gasteiger charge is 2.28. The van der Waals surface area contributed by atoms with Crippen molar-refractivity contribution < 1.29 is 14.3 Å². The van der Waals surface area contributed by atoms with Crippen LogP contribution < -0.4 is 4.74 Å². The molecule has 3 aliphatic rings. The molecule has 5 heteroatoms. The summed E-state index contributed by atoms with van der Waals surface area (Å²) in [4.78, 5) is 17.0. The van der Waals surface area contributed by atoms with Gasteiger partial charge in [0.25, 0.3) is 0 Å². The molecule has 0 aromatic heterocycles. The standard InChI is InChI=1S/C23H34N2O3/c1-27-22-6-4-19-3-5-21(16-20(19)17-22)24-10-8-18(9-11-24)2-7-23(26)25-12-14-28-15-13-25/h4,6,17-18,21H,2-3,5,7-16H2,1H3/t21-/m1/s1. The predicted molar refractivity (Wildman–Crippen MR) is 110 cm³/mol. The van der Waals surface area contributed by atoms with E-state index in [2.05, 4.69) is 23.1 Å². The van der Waals surface area contributed by atoms with E-state index in [1.165, 1.54) is 49.9 Å². The second-order valence-corrected chi connectivity index (χ2v) is 8.54. The number of methoxy groups -OCH3 is 1. The number of carbonyl (C=O) groups is 1. The zero-order valence-electron chi connectivity index (χ0n) is 17.2. The fraction of sp³-hybridized carbons (Fsp3) is 0.696. The van der Waals surface area contributed by atoms with Crippen molar-refractivity contribution in [1.82, 2.24) is 9.80 Å². The molecule has 2 heterocycles. The second kappa shape index (κ2) is 9.27. The molecule has 0 saturated carbocycles. The van der Waals surface area contributed by atoms with Crippen molar-refractivity contribution in [3.63, 3.8) is 0 Å². The molecule has 0 spiro atoms. The Morgan fingerprint density at radius 3 is 2.64 bits per heavy atom. The minimum absolute atomic E-state index is 0.323. The quantitative estimate of drug-likeness (QED) is 0.780. The van der Waals surface area contributed by atoms with Gasteiger partial charge in [0.05, 0.1) is 20.3 Å².